The van der Waals surface area contributed by atoms with Crippen LogP contribution in [0, 0.1) is 0 Å². The molecule has 0 bridgehead atoms. The Bertz CT molecular complexity index is 1090. The van der Waals surface area contributed by atoms with Gasteiger partial charge in [-0.15, -0.1) is 0 Å². The first-order valence-corrected chi connectivity index (χ1v) is 12.2. The molecule has 0 radical (unpaired) electrons. The van der Waals surface area contributed by atoms with Gasteiger partial charge in [0.1, 0.15) is 0 Å². The number of carbonyl (C=O) groups is 1. The molecular weight excluding hydrogens is 516 g/mol. The number of amides is 1. The van der Waals surface area contributed by atoms with Crippen LogP contribution in [0.2, 0.25) is 0 Å². The minimum absolute atomic E-state index is 0.0890. The molecule has 0 saturated carbocycles. The van der Waals surface area contributed by atoms with E-state index in [1.54, 1.807) is 36.4 Å². The quantitative estimate of drug-likeness (QED) is 0.385. The molecule has 12 heteroatoms. The SMILES string of the molecule is COc1cc(C=NNC(=O)CN2CCN(S(=O)(=O)c3ccc(Br)cc3)CC2)cc(OC)c1O. The van der Waals surface area contributed by atoms with Crippen LogP contribution in [0.3, 0.4) is 0 Å². The number of hydrogen-bond acceptors (Lipinski definition) is 8. The van der Waals surface area contributed by atoms with E-state index in [0.717, 1.165) is 4.47 Å². The molecule has 0 spiro atoms. The molecule has 0 atom stereocenters. The average Bonchev–Trinajstić information content (AvgIpc) is 2.80. The fraction of sp³-hybridized carbons (Fsp3) is 0.333. The molecule has 0 aromatic heterocycles. The summed E-state index contributed by atoms with van der Waals surface area (Å²) >= 11 is 3.30. The second-order valence-corrected chi connectivity index (χ2v) is 10.1. The lowest BCUT2D eigenvalue weighted by atomic mass is 10.2. The van der Waals surface area contributed by atoms with Crippen LogP contribution in [-0.2, 0) is 14.8 Å². The second kappa shape index (κ2) is 11.0. The van der Waals surface area contributed by atoms with Crippen molar-refractivity contribution in [3.05, 3.63) is 46.4 Å². The van der Waals surface area contributed by atoms with Gasteiger partial charge >= 0.3 is 0 Å². The van der Waals surface area contributed by atoms with Crippen LogP contribution < -0.4 is 14.9 Å². The normalized spacial score (nSPS) is 15.5. The van der Waals surface area contributed by atoms with Gasteiger partial charge in [-0.1, -0.05) is 15.9 Å². The highest BCUT2D eigenvalue weighted by Gasteiger charge is 2.29. The van der Waals surface area contributed by atoms with Crippen LogP contribution in [0.4, 0.5) is 0 Å². The van der Waals surface area contributed by atoms with Crippen LogP contribution >= 0.6 is 15.9 Å². The van der Waals surface area contributed by atoms with Gasteiger partial charge < -0.3 is 14.6 Å². The second-order valence-electron chi connectivity index (χ2n) is 7.20. The monoisotopic (exact) mass is 540 g/mol. The third-order valence-corrected chi connectivity index (χ3v) is 7.50. The number of hydrogen-bond donors (Lipinski definition) is 2. The molecule has 0 aliphatic carbocycles. The highest BCUT2D eigenvalue weighted by atomic mass is 79.9. The first-order valence-electron chi connectivity index (χ1n) is 9.99. The Labute approximate surface area is 201 Å². The van der Waals surface area contributed by atoms with E-state index in [4.69, 9.17) is 9.47 Å². The Kier molecular flexibility index (Phi) is 8.30. The lowest BCUT2D eigenvalue weighted by molar-refractivity contribution is -0.122. The van der Waals surface area contributed by atoms with Crippen LogP contribution in [0.25, 0.3) is 0 Å². The van der Waals surface area contributed by atoms with Crippen LogP contribution in [-0.4, -0.2) is 81.8 Å². The maximum Gasteiger partial charge on any atom is 0.254 e. The molecule has 1 fully saturated rings. The fourth-order valence-corrected chi connectivity index (χ4v) is 4.98. The third kappa shape index (κ3) is 6.22. The smallest absolute Gasteiger partial charge is 0.254 e. The van der Waals surface area contributed by atoms with Crippen molar-refractivity contribution in [3.63, 3.8) is 0 Å². The van der Waals surface area contributed by atoms with Crippen molar-refractivity contribution < 1.29 is 27.8 Å². The van der Waals surface area contributed by atoms with E-state index in [1.807, 2.05) is 4.90 Å². The molecule has 2 aromatic rings. The van der Waals surface area contributed by atoms with E-state index in [-0.39, 0.29) is 34.6 Å². The molecule has 1 aliphatic rings. The molecule has 2 N–H and O–H groups in total. The molecule has 1 saturated heterocycles. The van der Waals surface area contributed by atoms with E-state index in [0.29, 0.717) is 31.7 Å². The lowest BCUT2D eigenvalue weighted by Crippen LogP contribution is -2.50. The van der Waals surface area contributed by atoms with Gasteiger partial charge in [0.2, 0.25) is 15.8 Å². The van der Waals surface area contributed by atoms with Crippen molar-refractivity contribution in [1.29, 1.82) is 0 Å². The zero-order chi connectivity index (χ0) is 24.0. The minimum atomic E-state index is -3.57. The Hall–Kier alpha value is -2.67. The number of rotatable bonds is 8. The summed E-state index contributed by atoms with van der Waals surface area (Å²) in [7, 11) is -0.731. The number of phenolic OH excluding ortho intramolecular Hbond substituents is 1. The Morgan fingerprint density at radius 2 is 1.70 bits per heavy atom. The number of nitrogens with one attached hydrogen (secondary N) is 1. The van der Waals surface area contributed by atoms with Gasteiger partial charge in [-0.3, -0.25) is 9.69 Å². The maximum atomic E-state index is 12.8. The van der Waals surface area contributed by atoms with Crippen molar-refractivity contribution in [3.8, 4) is 17.2 Å². The summed E-state index contributed by atoms with van der Waals surface area (Å²) in [4.78, 5) is 14.4. The number of benzene rings is 2. The molecule has 10 nitrogen and oxygen atoms in total. The molecule has 2 aromatic carbocycles. The van der Waals surface area contributed by atoms with Crippen LogP contribution in [0.1, 0.15) is 5.56 Å². The molecule has 1 amide bonds. The summed E-state index contributed by atoms with van der Waals surface area (Å²) < 4.78 is 38.0. The zero-order valence-corrected chi connectivity index (χ0v) is 20.6. The number of ether oxygens (including phenoxy) is 2. The fourth-order valence-electron chi connectivity index (χ4n) is 3.29. The highest BCUT2D eigenvalue weighted by Crippen LogP contribution is 2.36. The van der Waals surface area contributed by atoms with Gasteiger partial charge in [-0.05, 0) is 36.4 Å². The van der Waals surface area contributed by atoms with E-state index < -0.39 is 10.0 Å². The number of phenols is 1. The summed E-state index contributed by atoms with van der Waals surface area (Å²) in [5, 5.41) is 13.9. The summed E-state index contributed by atoms with van der Waals surface area (Å²) in [6, 6.07) is 9.63. The molecule has 3 rings (SSSR count). The summed E-state index contributed by atoms with van der Waals surface area (Å²) in [6.07, 6.45) is 1.41. The highest BCUT2D eigenvalue weighted by molar-refractivity contribution is 9.10. The zero-order valence-electron chi connectivity index (χ0n) is 18.2. The summed E-state index contributed by atoms with van der Waals surface area (Å²) in [5.41, 5.74) is 3.01. The number of methoxy groups -OCH3 is 2. The molecule has 33 heavy (non-hydrogen) atoms. The van der Waals surface area contributed by atoms with Crippen molar-refractivity contribution in [2.24, 2.45) is 5.10 Å². The van der Waals surface area contributed by atoms with Crippen molar-refractivity contribution >= 4 is 38.1 Å². The standard InChI is InChI=1S/C21H25BrN4O6S/c1-31-18-11-15(12-19(32-2)21(18)28)13-23-24-20(27)14-25-7-9-26(10-8-25)33(29,30)17-5-3-16(22)4-6-17/h3-6,11-13,28H,7-10,14H2,1-2H3,(H,24,27). The minimum Gasteiger partial charge on any atom is -0.502 e. The number of carbonyl (C=O) groups excluding carboxylic acids is 1. The van der Waals surface area contributed by atoms with E-state index >= 15 is 0 Å². The number of halogens is 1. The lowest BCUT2D eigenvalue weighted by Gasteiger charge is -2.33. The molecule has 0 unspecified atom stereocenters. The Balaban J connectivity index is 1.51. The molecular formula is C21H25BrN4O6S. The van der Waals surface area contributed by atoms with Crippen molar-refractivity contribution in [1.82, 2.24) is 14.6 Å². The summed E-state index contributed by atoms with van der Waals surface area (Å²) in [6.45, 7) is 1.54. The van der Waals surface area contributed by atoms with Gasteiger partial charge in [-0.2, -0.15) is 9.41 Å². The Morgan fingerprint density at radius 1 is 1.12 bits per heavy atom. The number of nitrogens with zero attached hydrogens (tertiary/aromatic N) is 3. The first kappa shape index (κ1) is 25.0. The molecule has 178 valence electrons. The average molecular weight is 541 g/mol. The number of hydrazone groups is 1. The number of sulfonamides is 1. The van der Waals surface area contributed by atoms with Gasteiger partial charge in [0, 0.05) is 36.2 Å². The Morgan fingerprint density at radius 3 is 2.24 bits per heavy atom. The largest absolute Gasteiger partial charge is 0.502 e. The van der Waals surface area contributed by atoms with Crippen LogP contribution in [0.15, 0.2) is 50.9 Å². The number of aromatic hydroxyl groups is 1. The van der Waals surface area contributed by atoms with Gasteiger partial charge in [-0.25, -0.2) is 13.8 Å². The number of piperazine rings is 1. The third-order valence-electron chi connectivity index (χ3n) is 5.05. The van der Waals surface area contributed by atoms with E-state index in [9.17, 15) is 18.3 Å². The van der Waals surface area contributed by atoms with Gasteiger partial charge in [0.15, 0.2) is 11.5 Å². The van der Waals surface area contributed by atoms with Crippen LogP contribution in [0.5, 0.6) is 17.2 Å². The predicted molar refractivity (Wildman–Crippen MR) is 126 cm³/mol. The first-order chi connectivity index (χ1) is 15.7. The van der Waals surface area contributed by atoms with Gasteiger partial charge in [0.25, 0.3) is 5.91 Å². The predicted octanol–water partition coefficient (Wildman–Crippen LogP) is 1.63. The topological polar surface area (TPSA) is 121 Å². The van der Waals surface area contributed by atoms with Gasteiger partial charge in [0.05, 0.1) is 31.9 Å². The van der Waals surface area contributed by atoms with Crippen molar-refractivity contribution in [2.75, 3.05) is 46.9 Å². The van der Waals surface area contributed by atoms with E-state index in [2.05, 4.69) is 26.5 Å². The molecule has 1 heterocycles. The summed E-state index contributed by atoms with van der Waals surface area (Å²) in [5.74, 6) is -0.00757. The maximum absolute atomic E-state index is 12.8. The molecule has 1 aliphatic heterocycles. The van der Waals surface area contributed by atoms with Crippen molar-refractivity contribution in [2.45, 2.75) is 4.90 Å². The van der Waals surface area contributed by atoms with E-state index in [1.165, 1.54) is 24.7 Å².